The van der Waals surface area contributed by atoms with Gasteiger partial charge in [0, 0.05) is 29.0 Å². The molecule has 0 aliphatic rings. The van der Waals surface area contributed by atoms with Crippen LogP contribution in [0.2, 0.25) is 0 Å². The van der Waals surface area contributed by atoms with E-state index in [-0.39, 0.29) is 11.7 Å². The van der Waals surface area contributed by atoms with Gasteiger partial charge in [-0.3, -0.25) is 9.59 Å². The van der Waals surface area contributed by atoms with Crippen LogP contribution in [0, 0.1) is 0 Å². The number of Topliss-reactive ketones (excluding diaryl/α,β-unsaturated/α-hetero) is 1. The number of anilines is 1. The second-order valence-electron chi connectivity index (χ2n) is 5.89. The van der Waals surface area contributed by atoms with E-state index in [0.29, 0.717) is 23.4 Å². The van der Waals surface area contributed by atoms with Crippen LogP contribution in [0.5, 0.6) is 0 Å². The molecule has 0 atom stereocenters. The standard InChI is InChI=1S/C21H19N3O2S/c1-15(25)17-8-5-9-18(12-17)24-20(26)10-11-27-21-13-19(22-14-23-21)16-6-3-2-4-7-16/h2-9,12-14H,10-11H2,1H3,(H,24,26). The van der Waals surface area contributed by atoms with Gasteiger partial charge in [0.2, 0.25) is 5.91 Å². The smallest absolute Gasteiger partial charge is 0.225 e. The SMILES string of the molecule is CC(=O)c1cccc(NC(=O)CCSc2cc(-c3ccccc3)ncn2)c1. The molecule has 1 aromatic heterocycles. The molecule has 0 fully saturated rings. The number of nitrogens with one attached hydrogen (secondary N) is 1. The Morgan fingerprint density at radius 2 is 1.81 bits per heavy atom. The normalized spacial score (nSPS) is 10.4. The highest BCUT2D eigenvalue weighted by molar-refractivity contribution is 7.99. The molecule has 136 valence electrons. The predicted octanol–water partition coefficient (Wildman–Crippen LogP) is 4.47. The lowest BCUT2D eigenvalue weighted by atomic mass is 10.1. The molecule has 3 aromatic rings. The minimum absolute atomic E-state index is 0.0281. The van der Waals surface area contributed by atoms with Gasteiger partial charge in [-0.25, -0.2) is 9.97 Å². The Morgan fingerprint density at radius 3 is 2.59 bits per heavy atom. The first-order valence-electron chi connectivity index (χ1n) is 8.53. The molecule has 0 spiro atoms. The number of hydrogen-bond acceptors (Lipinski definition) is 5. The molecule has 0 bridgehead atoms. The summed E-state index contributed by atoms with van der Waals surface area (Å²) < 4.78 is 0. The average molecular weight is 377 g/mol. The molecule has 3 rings (SSSR count). The molecule has 1 amide bonds. The molecule has 0 saturated heterocycles. The van der Waals surface area contributed by atoms with E-state index in [2.05, 4.69) is 15.3 Å². The van der Waals surface area contributed by atoms with Gasteiger partial charge in [-0.2, -0.15) is 0 Å². The molecule has 1 heterocycles. The topological polar surface area (TPSA) is 72.0 Å². The van der Waals surface area contributed by atoms with Crippen LogP contribution in [0.4, 0.5) is 5.69 Å². The van der Waals surface area contributed by atoms with Crippen molar-refractivity contribution in [3.63, 3.8) is 0 Å². The summed E-state index contributed by atoms with van der Waals surface area (Å²) in [5, 5.41) is 3.65. The molecule has 0 unspecified atom stereocenters. The lowest BCUT2D eigenvalue weighted by Crippen LogP contribution is -2.12. The largest absolute Gasteiger partial charge is 0.326 e. The highest BCUT2D eigenvalue weighted by atomic mass is 32.2. The Bertz CT molecular complexity index is 945. The van der Waals surface area contributed by atoms with Crippen LogP contribution in [0.25, 0.3) is 11.3 Å². The summed E-state index contributed by atoms with van der Waals surface area (Å²) in [4.78, 5) is 32.1. The third kappa shape index (κ3) is 5.49. The number of amides is 1. The third-order valence-corrected chi connectivity index (χ3v) is 4.77. The number of benzene rings is 2. The van der Waals surface area contributed by atoms with Gasteiger partial charge in [-0.15, -0.1) is 11.8 Å². The third-order valence-electron chi connectivity index (χ3n) is 3.84. The number of thioether (sulfide) groups is 1. The number of carbonyl (C=O) groups is 2. The van der Waals surface area contributed by atoms with Crippen molar-refractivity contribution in [1.82, 2.24) is 9.97 Å². The minimum atomic E-state index is -0.0967. The van der Waals surface area contributed by atoms with Crippen LogP contribution in [0.15, 0.2) is 72.0 Å². The number of ketones is 1. The maximum absolute atomic E-state index is 12.1. The lowest BCUT2D eigenvalue weighted by molar-refractivity contribution is -0.115. The molecule has 0 aliphatic heterocycles. The summed E-state index contributed by atoms with van der Waals surface area (Å²) in [5.41, 5.74) is 3.10. The number of carbonyl (C=O) groups excluding carboxylic acids is 2. The lowest BCUT2D eigenvalue weighted by Gasteiger charge is -2.07. The van der Waals surface area contributed by atoms with E-state index in [4.69, 9.17) is 0 Å². The predicted molar refractivity (Wildman–Crippen MR) is 108 cm³/mol. The number of aromatic nitrogens is 2. The van der Waals surface area contributed by atoms with E-state index in [9.17, 15) is 9.59 Å². The second kappa shape index (κ2) is 9.09. The summed E-state index contributed by atoms with van der Waals surface area (Å²) in [6.45, 7) is 1.50. The van der Waals surface area contributed by atoms with Gasteiger partial charge < -0.3 is 5.32 Å². The second-order valence-corrected chi connectivity index (χ2v) is 7.01. The van der Waals surface area contributed by atoms with Gasteiger partial charge in [0.15, 0.2) is 5.78 Å². The zero-order valence-corrected chi connectivity index (χ0v) is 15.7. The fourth-order valence-corrected chi connectivity index (χ4v) is 3.29. The van der Waals surface area contributed by atoms with E-state index in [1.54, 1.807) is 24.3 Å². The van der Waals surface area contributed by atoms with Crippen LogP contribution in [-0.2, 0) is 4.79 Å². The summed E-state index contributed by atoms with van der Waals surface area (Å²) in [6, 6.07) is 18.8. The number of nitrogens with zero attached hydrogens (tertiary/aromatic N) is 2. The monoisotopic (exact) mass is 377 g/mol. The Kier molecular flexibility index (Phi) is 6.33. The molecule has 0 radical (unpaired) electrons. The number of hydrogen-bond donors (Lipinski definition) is 1. The summed E-state index contributed by atoms with van der Waals surface area (Å²) >= 11 is 1.51. The van der Waals surface area contributed by atoms with Crippen molar-refractivity contribution in [2.24, 2.45) is 0 Å². The van der Waals surface area contributed by atoms with E-state index in [1.807, 2.05) is 36.4 Å². The molecule has 0 aliphatic carbocycles. The van der Waals surface area contributed by atoms with Crippen molar-refractivity contribution >= 4 is 29.1 Å². The van der Waals surface area contributed by atoms with Crippen molar-refractivity contribution in [2.45, 2.75) is 18.4 Å². The quantitative estimate of drug-likeness (QED) is 0.374. The summed E-state index contributed by atoms with van der Waals surface area (Å²) in [5.74, 6) is 0.476. The maximum atomic E-state index is 12.1. The molecular formula is C21H19N3O2S. The van der Waals surface area contributed by atoms with Gasteiger partial charge in [-0.05, 0) is 25.1 Å². The van der Waals surface area contributed by atoms with Crippen molar-refractivity contribution < 1.29 is 9.59 Å². The molecule has 27 heavy (non-hydrogen) atoms. The molecule has 1 N–H and O–H groups in total. The van der Waals surface area contributed by atoms with Crippen molar-refractivity contribution in [3.8, 4) is 11.3 Å². The maximum Gasteiger partial charge on any atom is 0.225 e. The molecule has 2 aromatic carbocycles. The van der Waals surface area contributed by atoms with Gasteiger partial charge in [0.25, 0.3) is 0 Å². The van der Waals surface area contributed by atoms with Crippen molar-refractivity contribution in [2.75, 3.05) is 11.1 Å². The summed E-state index contributed by atoms with van der Waals surface area (Å²) in [7, 11) is 0. The molecule has 6 heteroatoms. The molecule has 0 saturated carbocycles. The van der Waals surface area contributed by atoms with E-state index >= 15 is 0 Å². The van der Waals surface area contributed by atoms with Crippen molar-refractivity contribution in [3.05, 3.63) is 72.6 Å². The first kappa shape index (κ1) is 18.8. The average Bonchev–Trinajstić information content (AvgIpc) is 2.69. The first-order valence-corrected chi connectivity index (χ1v) is 9.51. The van der Waals surface area contributed by atoms with Crippen LogP contribution in [0.1, 0.15) is 23.7 Å². The van der Waals surface area contributed by atoms with Crippen LogP contribution in [-0.4, -0.2) is 27.4 Å². The van der Waals surface area contributed by atoms with Gasteiger partial charge in [-0.1, -0.05) is 42.5 Å². The van der Waals surface area contributed by atoms with Crippen LogP contribution < -0.4 is 5.32 Å². The van der Waals surface area contributed by atoms with Crippen LogP contribution in [0.3, 0.4) is 0 Å². The minimum Gasteiger partial charge on any atom is -0.326 e. The van der Waals surface area contributed by atoms with E-state index < -0.39 is 0 Å². The fourth-order valence-electron chi connectivity index (χ4n) is 2.47. The Morgan fingerprint density at radius 1 is 1.00 bits per heavy atom. The first-order chi connectivity index (χ1) is 13.1. The van der Waals surface area contributed by atoms with Gasteiger partial charge in [0.05, 0.1) is 10.7 Å². The van der Waals surface area contributed by atoms with Gasteiger partial charge in [0.1, 0.15) is 6.33 Å². The molecular weight excluding hydrogens is 358 g/mol. The highest BCUT2D eigenvalue weighted by Gasteiger charge is 2.07. The summed E-state index contributed by atoms with van der Waals surface area (Å²) in [6.07, 6.45) is 1.89. The highest BCUT2D eigenvalue weighted by Crippen LogP contribution is 2.22. The zero-order chi connectivity index (χ0) is 19.1. The van der Waals surface area contributed by atoms with E-state index in [1.165, 1.54) is 25.0 Å². The zero-order valence-electron chi connectivity index (χ0n) is 14.9. The van der Waals surface area contributed by atoms with Crippen molar-refractivity contribution in [1.29, 1.82) is 0 Å². The van der Waals surface area contributed by atoms with E-state index in [0.717, 1.165) is 16.3 Å². The molecule has 5 nitrogen and oxygen atoms in total. The van der Waals surface area contributed by atoms with Gasteiger partial charge >= 0.3 is 0 Å². The number of rotatable bonds is 7. The Balaban J connectivity index is 1.53. The Hall–Kier alpha value is -2.99. The fraction of sp³-hybridized carbons (Fsp3) is 0.143. The van der Waals surface area contributed by atoms with Crippen LogP contribution >= 0.6 is 11.8 Å². The Labute approximate surface area is 162 Å².